The number of aryl methyl sites for hydroxylation is 1. The minimum atomic E-state index is -0.317. The largest absolute Gasteiger partial charge is 0.380 e. The number of amides is 1. The zero-order valence-corrected chi connectivity index (χ0v) is 16.0. The van der Waals surface area contributed by atoms with Crippen LogP contribution in [0.1, 0.15) is 38.9 Å². The van der Waals surface area contributed by atoms with Crippen molar-refractivity contribution in [3.63, 3.8) is 0 Å². The number of carbonyl (C=O) groups is 1. The first kappa shape index (κ1) is 18.1. The number of aromatic amines is 1. The van der Waals surface area contributed by atoms with Crippen LogP contribution in [-0.2, 0) is 17.9 Å². The first-order chi connectivity index (χ1) is 13.7. The Morgan fingerprint density at radius 1 is 1.21 bits per heavy atom. The standard InChI is InChI=1S/C22H22N4O2/c1-15-11-18(14-28-2)19-21(24-15)26(13-16-7-4-3-5-8-16)20(25-22(19)27)17-9-6-10-23-12-17/h3-12,20H,13-14H2,1-2H3,(H,25,27)/p+1/t20-/m1/s1. The van der Waals surface area contributed by atoms with E-state index in [1.165, 1.54) is 0 Å². The van der Waals surface area contributed by atoms with Crippen LogP contribution in [0.3, 0.4) is 0 Å². The van der Waals surface area contributed by atoms with Gasteiger partial charge in [-0.2, -0.15) is 0 Å². The van der Waals surface area contributed by atoms with E-state index in [-0.39, 0.29) is 12.1 Å². The molecule has 1 aromatic carbocycles. The number of H-pyrrole nitrogens is 1. The maximum atomic E-state index is 13.0. The predicted molar refractivity (Wildman–Crippen MR) is 106 cm³/mol. The van der Waals surface area contributed by atoms with E-state index < -0.39 is 0 Å². The van der Waals surface area contributed by atoms with Crippen LogP contribution in [0.5, 0.6) is 0 Å². The Labute approximate surface area is 164 Å². The van der Waals surface area contributed by atoms with Crippen molar-refractivity contribution < 1.29 is 14.5 Å². The van der Waals surface area contributed by atoms with Gasteiger partial charge in [0.15, 0.2) is 6.17 Å². The topological polar surface area (TPSA) is 68.6 Å². The van der Waals surface area contributed by atoms with Crippen molar-refractivity contribution in [3.05, 3.63) is 88.9 Å². The first-order valence-corrected chi connectivity index (χ1v) is 9.23. The number of hydrogen-bond donors (Lipinski definition) is 1. The third-order valence-electron chi connectivity index (χ3n) is 4.85. The number of benzene rings is 1. The van der Waals surface area contributed by atoms with E-state index in [4.69, 9.17) is 4.74 Å². The third-order valence-corrected chi connectivity index (χ3v) is 4.85. The number of anilines is 1. The van der Waals surface area contributed by atoms with Crippen molar-refractivity contribution in [3.8, 4) is 0 Å². The fourth-order valence-electron chi connectivity index (χ4n) is 3.66. The minimum Gasteiger partial charge on any atom is -0.380 e. The van der Waals surface area contributed by atoms with Crippen LogP contribution in [0.25, 0.3) is 0 Å². The lowest BCUT2D eigenvalue weighted by Gasteiger charge is -2.33. The van der Waals surface area contributed by atoms with Gasteiger partial charge >= 0.3 is 0 Å². The van der Waals surface area contributed by atoms with E-state index in [1.807, 2.05) is 43.3 Å². The fraction of sp³-hybridized carbons (Fsp3) is 0.227. The van der Waals surface area contributed by atoms with Crippen molar-refractivity contribution in [2.24, 2.45) is 0 Å². The predicted octanol–water partition coefficient (Wildman–Crippen LogP) is 2.80. The van der Waals surface area contributed by atoms with Gasteiger partial charge in [0.05, 0.1) is 12.3 Å². The molecule has 0 spiro atoms. The van der Waals surface area contributed by atoms with Gasteiger partial charge in [-0.25, -0.2) is 9.88 Å². The highest BCUT2D eigenvalue weighted by molar-refractivity contribution is 6.01. The van der Waals surface area contributed by atoms with Gasteiger partial charge in [-0.15, -0.1) is 0 Å². The molecule has 6 heteroatoms. The molecular formula is C22H23N4O2+. The van der Waals surface area contributed by atoms with Gasteiger partial charge in [0.2, 0.25) is 0 Å². The molecule has 1 aliphatic heterocycles. The SMILES string of the molecule is COCc1cc(C)[nH+]c2c1C(=O)N[C@@H](c1cccnc1)N2Cc1ccccc1. The number of nitrogens with one attached hydrogen (secondary N) is 2. The number of aromatic nitrogens is 2. The summed E-state index contributed by atoms with van der Waals surface area (Å²) in [6.45, 7) is 3.01. The normalized spacial score (nSPS) is 15.9. The van der Waals surface area contributed by atoms with Crippen LogP contribution >= 0.6 is 0 Å². The number of rotatable bonds is 5. The molecule has 0 aliphatic carbocycles. The van der Waals surface area contributed by atoms with Gasteiger partial charge < -0.3 is 10.1 Å². The van der Waals surface area contributed by atoms with Crippen molar-refractivity contribution in [2.45, 2.75) is 26.2 Å². The zero-order chi connectivity index (χ0) is 19.5. The molecule has 2 aromatic heterocycles. The van der Waals surface area contributed by atoms with E-state index in [0.717, 1.165) is 28.2 Å². The quantitative estimate of drug-likeness (QED) is 0.745. The summed E-state index contributed by atoms with van der Waals surface area (Å²) in [5, 5.41) is 3.15. The maximum absolute atomic E-state index is 13.0. The molecular weight excluding hydrogens is 352 g/mol. The average Bonchev–Trinajstić information content (AvgIpc) is 2.71. The highest BCUT2D eigenvalue weighted by atomic mass is 16.5. The summed E-state index contributed by atoms with van der Waals surface area (Å²) < 4.78 is 5.34. The first-order valence-electron chi connectivity index (χ1n) is 9.23. The van der Waals surface area contributed by atoms with Crippen LogP contribution in [0.2, 0.25) is 0 Å². The Morgan fingerprint density at radius 2 is 2.04 bits per heavy atom. The minimum absolute atomic E-state index is 0.114. The number of methoxy groups -OCH3 is 1. The molecule has 0 saturated carbocycles. The number of hydrogen-bond acceptors (Lipinski definition) is 4. The monoisotopic (exact) mass is 375 g/mol. The second-order valence-electron chi connectivity index (χ2n) is 6.91. The van der Waals surface area contributed by atoms with E-state index in [2.05, 4.69) is 32.3 Å². The van der Waals surface area contributed by atoms with Gasteiger partial charge in [-0.05, 0) is 30.7 Å². The summed E-state index contributed by atoms with van der Waals surface area (Å²) in [5.41, 5.74) is 4.56. The fourth-order valence-corrected chi connectivity index (χ4v) is 3.66. The molecule has 0 unspecified atom stereocenters. The molecule has 3 heterocycles. The Kier molecular flexibility index (Phi) is 5.04. The lowest BCUT2D eigenvalue weighted by Crippen LogP contribution is -2.49. The van der Waals surface area contributed by atoms with Gasteiger partial charge in [-0.3, -0.25) is 9.78 Å². The maximum Gasteiger partial charge on any atom is 0.290 e. The molecule has 6 nitrogen and oxygen atoms in total. The summed E-state index contributed by atoms with van der Waals surface area (Å²) in [4.78, 5) is 22.9. The van der Waals surface area contributed by atoms with Crippen molar-refractivity contribution in [1.82, 2.24) is 10.3 Å². The molecule has 4 rings (SSSR count). The number of fused-ring (bicyclic) bond motifs is 1. The van der Waals surface area contributed by atoms with Gasteiger partial charge in [0.25, 0.3) is 11.7 Å². The Bertz CT molecular complexity index is 977. The average molecular weight is 375 g/mol. The molecule has 1 amide bonds. The third kappa shape index (κ3) is 3.46. The van der Waals surface area contributed by atoms with Crippen molar-refractivity contribution in [2.75, 3.05) is 12.0 Å². The molecule has 0 fully saturated rings. The van der Waals surface area contributed by atoms with Crippen LogP contribution in [-0.4, -0.2) is 18.0 Å². The summed E-state index contributed by atoms with van der Waals surface area (Å²) >= 11 is 0. The number of nitrogens with zero attached hydrogens (tertiary/aromatic N) is 2. The van der Waals surface area contributed by atoms with E-state index in [9.17, 15) is 4.79 Å². The molecule has 0 radical (unpaired) electrons. The number of pyridine rings is 2. The highest BCUT2D eigenvalue weighted by Gasteiger charge is 2.40. The molecule has 1 aliphatic rings. The summed E-state index contributed by atoms with van der Waals surface area (Å²) in [6.07, 6.45) is 3.21. The molecule has 3 aromatic rings. The summed E-state index contributed by atoms with van der Waals surface area (Å²) in [5.74, 6) is 0.685. The van der Waals surface area contributed by atoms with Crippen LogP contribution < -0.4 is 15.2 Å². The lowest BCUT2D eigenvalue weighted by atomic mass is 10.0. The molecule has 0 saturated heterocycles. The van der Waals surface area contributed by atoms with Crippen LogP contribution in [0.4, 0.5) is 5.82 Å². The summed E-state index contributed by atoms with van der Waals surface area (Å²) in [6, 6.07) is 16.0. The molecule has 28 heavy (non-hydrogen) atoms. The van der Waals surface area contributed by atoms with Gasteiger partial charge in [0, 0.05) is 30.6 Å². The Balaban J connectivity index is 1.86. The second kappa shape index (κ2) is 7.78. The second-order valence-corrected chi connectivity index (χ2v) is 6.91. The molecule has 2 N–H and O–H groups in total. The van der Waals surface area contributed by atoms with Crippen molar-refractivity contribution >= 4 is 11.7 Å². The Hall–Kier alpha value is -3.25. The van der Waals surface area contributed by atoms with Crippen LogP contribution in [0, 0.1) is 6.92 Å². The molecule has 0 bridgehead atoms. The van der Waals surface area contributed by atoms with Gasteiger partial charge in [0.1, 0.15) is 12.1 Å². The van der Waals surface area contributed by atoms with E-state index >= 15 is 0 Å². The van der Waals surface area contributed by atoms with Crippen LogP contribution in [0.15, 0.2) is 60.9 Å². The van der Waals surface area contributed by atoms with Crippen molar-refractivity contribution in [1.29, 1.82) is 0 Å². The molecule has 1 atom stereocenters. The number of carbonyl (C=O) groups excluding carboxylic acids is 1. The number of ether oxygens (including phenoxy) is 1. The molecule has 142 valence electrons. The van der Waals surface area contributed by atoms with Gasteiger partial charge in [-0.1, -0.05) is 30.3 Å². The highest BCUT2D eigenvalue weighted by Crippen LogP contribution is 2.33. The lowest BCUT2D eigenvalue weighted by molar-refractivity contribution is -0.375. The van der Waals surface area contributed by atoms with E-state index in [1.54, 1.807) is 19.5 Å². The van der Waals surface area contributed by atoms with E-state index in [0.29, 0.717) is 18.7 Å². The Morgan fingerprint density at radius 3 is 2.75 bits per heavy atom. The summed E-state index contributed by atoms with van der Waals surface area (Å²) in [7, 11) is 1.64. The smallest absolute Gasteiger partial charge is 0.290 e. The zero-order valence-electron chi connectivity index (χ0n) is 16.0.